The molecule has 0 aromatic carbocycles. The summed E-state index contributed by atoms with van der Waals surface area (Å²) in [6, 6.07) is 0. The lowest BCUT2D eigenvalue weighted by Crippen LogP contribution is -2.09. The molecule has 0 amide bonds. The molecule has 2 rings (SSSR count). The first-order valence-electron chi connectivity index (χ1n) is 6.72. The van der Waals surface area contributed by atoms with E-state index in [2.05, 4.69) is 30.7 Å². The van der Waals surface area contributed by atoms with Gasteiger partial charge in [0, 0.05) is 10.3 Å². The number of hydrogen-bond acceptors (Lipinski definition) is 3. The molecule has 5 heteroatoms. The van der Waals surface area contributed by atoms with E-state index in [0.29, 0.717) is 16.2 Å². The van der Waals surface area contributed by atoms with E-state index in [-0.39, 0.29) is 4.75 Å². The number of halogens is 2. The molecule has 1 aliphatic carbocycles. The third kappa shape index (κ3) is 4.24. The highest BCUT2D eigenvalue weighted by atomic mass is 35.5. The normalized spacial score (nSPS) is 17.1. The van der Waals surface area contributed by atoms with Crippen LogP contribution in [-0.2, 0) is 5.75 Å². The number of thioether (sulfide) groups is 1. The Kier molecular flexibility index (Phi) is 5.02. The van der Waals surface area contributed by atoms with Crippen molar-refractivity contribution in [2.45, 2.75) is 62.9 Å². The topological polar surface area (TPSA) is 25.8 Å². The van der Waals surface area contributed by atoms with Crippen molar-refractivity contribution in [3.8, 4) is 0 Å². The van der Waals surface area contributed by atoms with Gasteiger partial charge in [0.2, 0.25) is 0 Å². The average Bonchev–Trinajstić information content (AvgIpc) is 2.78. The van der Waals surface area contributed by atoms with E-state index in [9.17, 15) is 0 Å². The first-order valence-corrected chi connectivity index (χ1v) is 8.47. The van der Waals surface area contributed by atoms with Gasteiger partial charge in [-0.1, -0.05) is 56.8 Å². The Morgan fingerprint density at radius 1 is 1.11 bits per heavy atom. The highest BCUT2D eigenvalue weighted by Gasteiger charge is 2.24. The fourth-order valence-electron chi connectivity index (χ4n) is 2.35. The lowest BCUT2D eigenvalue weighted by Gasteiger charge is -2.18. The summed E-state index contributed by atoms with van der Waals surface area (Å²) in [7, 11) is 0. The summed E-state index contributed by atoms with van der Waals surface area (Å²) in [4.78, 5) is 8.86. The van der Waals surface area contributed by atoms with Crippen molar-refractivity contribution in [1.29, 1.82) is 0 Å². The summed E-state index contributed by atoms with van der Waals surface area (Å²) in [5.41, 5.74) is 0.963. The van der Waals surface area contributed by atoms with E-state index in [4.69, 9.17) is 23.2 Å². The molecule has 0 unspecified atom stereocenters. The van der Waals surface area contributed by atoms with Gasteiger partial charge in [0.1, 0.15) is 16.1 Å². The van der Waals surface area contributed by atoms with Gasteiger partial charge in [-0.3, -0.25) is 0 Å². The van der Waals surface area contributed by atoms with Crippen LogP contribution in [0.25, 0.3) is 0 Å². The van der Waals surface area contributed by atoms with Crippen LogP contribution in [0.1, 0.15) is 63.8 Å². The van der Waals surface area contributed by atoms with Gasteiger partial charge in [-0.05, 0) is 18.8 Å². The SMILES string of the molecule is CC(C)(C)SCc1nc(Cl)c(C2CCCC2)c(Cl)n1. The first kappa shape index (κ1) is 15.4. The predicted octanol–water partition coefficient (Wildman–Crippen LogP) is 5.47. The van der Waals surface area contributed by atoms with Crippen molar-refractivity contribution < 1.29 is 0 Å². The molecule has 0 aliphatic heterocycles. The Bertz CT molecular complexity index is 428. The molecule has 1 aliphatic rings. The van der Waals surface area contributed by atoms with Crippen LogP contribution in [0, 0.1) is 0 Å². The Hall–Kier alpha value is 0.01000. The fraction of sp³-hybridized carbons (Fsp3) is 0.714. The van der Waals surface area contributed by atoms with Gasteiger partial charge in [0.05, 0.1) is 5.75 Å². The maximum atomic E-state index is 6.32. The molecule has 1 fully saturated rings. The van der Waals surface area contributed by atoms with Crippen molar-refractivity contribution in [1.82, 2.24) is 9.97 Å². The standard InChI is InChI=1S/C14H20Cl2N2S/c1-14(2,3)19-8-10-17-12(15)11(13(16)18-10)9-6-4-5-7-9/h9H,4-8H2,1-3H3. The van der Waals surface area contributed by atoms with E-state index in [0.717, 1.165) is 30.0 Å². The zero-order valence-electron chi connectivity index (χ0n) is 11.7. The molecule has 0 spiro atoms. The highest BCUT2D eigenvalue weighted by Crippen LogP contribution is 2.40. The third-order valence-corrected chi connectivity index (χ3v) is 5.14. The van der Waals surface area contributed by atoms with Crippen LogP contribution in [0.3, 0.4) is 0 Å². The van der Waals surface area contributed by atoms with Gasteiger partial charge in [0.25, 0.3) is 0 Å². The second-order valence-electron chi connectivity index (χ2n) is 6.02. The molecule has 0 bridgehead atoms. The maximum absolute atomic E-state index is 6.32. The Morgan fingerprint density at radius 2 is 1.63 bits per heavy atom. The van der Waals surface area contributed by atoms with Crippen molar-refractivity contribution in [3.05, 3.63) is 21.7 Å². The van der Waals surface area contributed by atoms with Gasteiger partial charge >= 0.3 is 0 Å². The summed E-state index contributed by atoms with van der Waals surface area (Å²) < 4.78 is 0.187. The number of rotatable bonds is 3. The molecule has 0 radical (unpaired) electrons. The Morgan fingerprint density at radius 3 is 2.11 bits per heavy atom. The van der Waals surface area contributed by atoms with E-state index in [1.54, 1.807) is 11.8 Å². The summed E-state index contributed by atoms with van der Waals surface area (Å²) in [5, 5.41) is 1.10. The maximum Gasteiger partial charge on any atom is 0.141 e. The molecule has 2 nitrogen and oxygen atoms in total. The van der Waals surface area contributed by atoms with Crippen LogP contribution >= 0.6 is 35.0 Å². The molecular weight excluding hydrogens is 299 g/mol. The van der Waals surface area contributed by atoms with Crippen molar-refractivity contribution in [2.24, 2.45) is 0 Å². The van der Waals surface area contributed by atoms with E-state index in [1.807, 2.05) is 0 Å². The number of aromatic nitrogens is 2. The first-order chi connectivity index (χ1) is 8.87. The molecule has 1 aromatic heterocycles. The van der Waals surface area contributed by atoms with Gasteiger partial charge in [0.15, 0.2) is 0 Å². The molecule has 0 atom stereocenters. The minimum atomic E-state index is 0.187. The molecule has 1 aromatic rings. The smallest absolute Gasteiger partial charge is 0.141 e. The zero-order chi connectivity index (χ0) is 14.0. The minimum Gasteiger partial charge on any atom is -0.220 e. The second kappa shape index (κ2) is 6.19. The van der Waals surface area contributed by atoms with E-state index >= 15 is 0 Å². The molecule has 0 N–H and O–H groups in total. The summed E-state index contributed by atoms with van der Waals surface area (Å²) in [6.45, 7) is 6.52. The summed E-state index contributed by atoms with van der Waals surface area (Å²) in [5.74, 6) is 1.93. The van der Waals surface area contributed by atoms with Gasteiger partial charge in [-0.15, -0.1) is 11.8 Å². The lowest BCUT2D eigenvalue weighted by molar-refractivity contribution is 0.711. The molecular formula is C14H20Cl2N2S. The van der Waals surface area contributed by atoms with Crippen LogP contribution in [0.4, 0.5) is 0 Å². The van der Waals surface area contributed by atoms with E-state index in [1.165, 1.54) is 12.8 Å². The van der Waals surface area contributed by atoms with Crippen LogP contribution in [0.5, 0.6) is 0 Å². The van der Waals surface area contributed by atoms with Crippen LogP contribution in [0.2, 0.25) is 10.3 Å². The van der Waals surface area contributed by atoms with Crippen molar-refractivity contribution in [3.63, 3.8) is 0 Å². The molecule has 0 saturated heterocycles. The average molecular weight is 319 g/mol. The predicted molar refractivity (Wildman–Crippen MR) is 84.3 cm³/mol. The largest absolute Gasteiger partial charge is 0.220 e. The van der Waals surface area contributed by atoms with Gasteiger partial charge < -0.3 is 0 Å². The number of hydrogen-bond donors (Lipinski definition) is 0. The van der Waals surface area contributed by atoms with Crippen molar-refractivity contribution in [2.75, 3.05) is 0 Å². The zero-order valence-corrected chi connectivity index (χ0v) is 14.0. The fourth-order valence-corrected chi connectivity index (χ4v) is 3.78. The lowest BCUT2D eigenvalue weighted by atomic mass is 10.0. The van der Waals surface area contributed by atoms with E-state index < -0.39 is 0 Å². The van der Waals surface area contributed by atoms with Gasteiger partial charge in [-0.2, -0.15) is 0 Å². The van der Waals surface area contributed by atoms with Crippen LogP contribution < -0.4 is 0 Å². The van der Waals surface area contributed by atoms with Crippen LogP contribution in [-0.4, -0.2) is 14.7 Å². The summed E-state index contributed by atoms with van der Waals surface area (Å²) in [6.07, 6.45) is 4.80. The monoisotopic (exact) mass is 318 g/mol. The van der Waals surface area contributed by atoms with Crippen LogP contribution in [0.15, 0.2) is 0 Å². The minimum absolute atomic E-state index is 0.187. The number of nitrogens with zero attached hydrogens (tertiary/aromatic N) is 2. The molecule has 1 saturated carbocycles. The summed E-state index contributed by atoms with van der Waals surface area (Å²) >= 11 is 14.4. The Labute approximate surface area is 129 Å². The molecule has 19 heavy (non-hydrogen) atoms. The highest BCUT2D eigenvalue weighted by molar-refractivity contribution is 7.99. The Balaban J connectivity index is 2.16. The third-order valence-electron chi connectivity index (χ3n) is 3.30. The van der Waals surface area contributed by atoms with Gasteiger partial charge in [-0.25, -0.2) is 9.97 Å². The quantitative estimate of drug-likeness (QED) is 0.691. The van der Waals surface area contributed by atoms with Crippen molar-refractivity contribution >= 4 is 35.0 Å². The molecule has 106 valence electrons. The second-order valence-corrected chi connectivity index (χ2v) is 8.54. The molecule has 1 heterocycles.